The van der Waals surface area contributed by atoms with Crippen molar-refractivity contribution in [3.63, 3.8) is 0 Å². The maximum Gasteiger partial charge on any atom is 2.00 e. The number of carbonyl (C=O) groups is 2. The Balaban J connectivity index is -0.000000328. The maximum atomic E-state index is 10.2. The van der Waals surface area contributed by atoms with E-state index in [0.29, 0.717) is 0 Å². The van der Waals surface area contributed by atoms with Crippen LogP contribution in [0.4, 0.5) is 0 Å². The Morgan fingerprint density at radius 2 is 0.690 bits per heavy atom. The van der Waals surface area contributed by atoms with Gasteiger partial charge >= 0.3 is 17.1 Å². The Kier molecular flexibility index (Phi) is 50.5. The van der Waals surface area contributed by atoms with E-state index in [-0.39, 0.29) is 46.7 Å². The van der Waals surface area contributed by atoms with Crippen LogP contribution < -0.4 is 10.2 Å². The second kappa shape index (κ2) is 44.4. The number of unbranched alkanes of at least 4 members (excludes halogenated alkanes) is 16. The van der Waals surface area contributed by atoms with Crippen LogP contribution >= 0.6 is 0 Å². The van der Waals surface area contributed by atoms with Crippen LogP contribution in [-0.4, -0.2) is 11.9 Å². The number of carboxylic acid groups (broad SMARTS) is 2. The van der Waals surface area contributed by atoms with Gasteiger partial charge in [0.1, 0.15) is 0 Å². The molecule has 4 nitrogen and oxygen atoms in total. The third kappa shape index (κ3) is 51.6. The quantitative estimate of drug-likeness (QED) is 0.0472. The van der Waals surface area contributed by atoms with E-state index in [4.69, 9.17) is 0 Å². The van der Waals surface area contributed by atoms with E-state index < -0.39 is 11.9 Å². The molecule has 0 spiro atoms. The molecule has 0 aliphatic heterocycles. The van der Waals surface area contributed by atoms with Gasteiger partial charge in [0.05, 0.1) is 0 Å². The molecule has 0 heterocycles. The molecule has 0 aromatic heterocycles. The molecular weight excluding hydrogens is 610 g/mol. The minimum Gasteiger partial charge on any atom is -0.550 e. The minimum atomic E-state index is -0.921. The molecule has 2 radical (unpaired) electrons. The third-order valence-corrected chi connectivity index (χ3v) is 6.66. The topological polar surface area (TPSA) is 80.3 Å². The van der Waals surface area contributed by atoms with Gasteiger partial charge in [-0.1, -0.05) is 127 Å². The van der Waals surface area contributed by atoms with E-state index in [0.717, 1.165) is 64.2 Å². The van der Waals surface area contributed by atoms with Crippen molar-refractivity contribution in [2.75, 3.05) is 0 Å². The van der Waals surface area contributed by atoms with Gasteiger partial charge in [0.2, 0.25) is 0 Å². The van der Waals surface area contributed by atoms with Gasteiger partial charge in [-0.15, -0.1) is 0 Å². The molecule has 0 N–H and O–H groups in total. The number of rotatable bonds is 28. The van der Waals surface area contributed by atoms with E-state index in [9.17, 15) is 19.8 Å². The van der Waals surface area contributed by atoms with Crippen LogP contribution in [0.1, 0.15) is 168 Å². The van der Waals surface area contributed by atoms with E-state index in [1.807, 2.05) is 0 Å². The van der Waals surface area contributed by atoms with Crippen LogP contribution in [0, 0.1) is 0 Å². The summed E-state index contributed by atoms with van der Waals surface area (Å²) in [6, 6.07) is 0. The van der Waals surface area contributed by atoms with Gasteiger partial charge in [-0.05, 0) is 89.9 Å². The molecule has 0 aromatic rings. The smallest absolute Gasteiger partial charge is 0.550 e. The van der Waals surface area contributed by atoms with Gasteiger partial charge in [-0.3, -0.25) is 0 Å². The molecule has 42 heavy (non-hydrogen) atoms. The van der Waals surface area contributed by atoms with Crippen molar-refractivity contribution in [1.29, 1.82) is 0 Å². The molecule has 0 rings (SSSR count). The summed E-state index contributed by atoms with van der Waals surface area (Å²) in [6.07, 6.45) is 43.9. The molecule has 0 atom stereocenters. The molecule has 0 fully saturated rings. The van der Waals surface area contributed by atoms with Crippen LogP contribution in [0.25, 0.3) is 0 Å². The van der Waals surface area contributed by atoms with Gasteiger partial charge in [-0.25, -0.2) is 0 Å². The SMILES string of the molecule is CCCCC/C=C\C/C=C\CCCCCCCC(=O)[O-].CCCCC/C=C\C/C=C\CCCCCCCC(=O)[O-].[Co].[Mn+2]. The number of hydrogen-bond donors (Lipinski definition) is 0. The zero-order chi connectivity index (χ0) is 29.8. The first kappa shape index (κ1) is 47.8. The summed E-state index contributed by atoms with van der Waals surface area (Å²) < 4.78 is 0. The molecule has 0 aliphatic rings. The molecule has 0 aromatic carbocycles. The average Bonchev–Trinajstić information content (AvgIpc) is 2.93. The van der Waals surface area contributed by atoms with Crippen molar-refractivity contribution in [3.8, 4) is 0 Å². The van der Waals surface area contributed by atoms with Crippen molar-refractivity contribution in [2.45, 2.75) is 168 Å². The summed E-state index contributed by atoms with van der Waals surface area (Å²) in [7, 11) is 0. The van der Waals surface area contributed by atoms with Crippen molar-refractivity contribution >= 4 is 11.9 Å². The Hall–Kier alpha value is -1.07. The predicted molar refractivity (Wildman–Crippen MR) is 169 cm³/mol. The molecule has 0 saturated heterocycles. The molecule has 0 aliphatic carbocycles. The monoisotopic (exact) mass is 672 g/mol. The molecule has 0 unspecified atom stereocenters. The number of allylic oxidation sites excluding steroid dienone is 8. The second-order valence-corrected chi connectivity index (χ2v) is 10.7. The molecular formula is C36H62CoMnO4. The Morgan fingerprint density at radius 1 is 0.429 bits per heavy atom. The minimum absolute atomic E-state index is 0. The standard InChI is InChI=1S/2C18H32O2.Co.Mn/c2*1-2-3-4-5-6-7-8-9-10-11-12-13-14-15-16-17-18(19)20;;/h2*6-7,9-10H,2-5,8,11-17H2,1H3,(H,19,20);;/q;;;+2/p-2/b2*7-6-,10-9-;;. The van der Waals surface area contributed by atoms with Crippen molar-refractivity contribution in [3.05, 3.63) is 48.6 Å². The summed E-state index contributed by atoms with van der Waals surface area (Å²) in [4.78, 5) is 20.4. The Bertz CT molecular complexity index is 603. The first-order valence-corrected chi connectivity index (χ1v) is 16.5. The van der Waals surface area contributed by atoms with E-state index in [2.05, 4.69) is 62.5 Å². The van der Waals surface area contributed by atoms with Crippen LogP contribution in [0.5, 0.6) is 0 Å². The van der Waals surface area contributed by atoms with Gasteiger partial charge in [0, 0.05) is 28.7 Å². The third-order valence-electron chi connectivity index (χ3n) is 6.66. The molecule has 0 amide bonds. The summed E-state index contributed by atoms with van der Waals surface area (Å²) in [5.41, 5.74) is 0. The summed E-state index contributed by atoms with van der Waals surface area (Å²) in [5, 5.41) is 20.4. The largest absolute Gasteiger partial charge is 2.00 e. The van der Waals surface area contributed by atoms with Crippen LogP contribution in [0.15, 0.2) is 48.6 Å². The van der Waals surface area contributed by atoms with E-state index in [1.54, 1.807) is 0 Å². The van der Waals surface area contributed by atoms with Gasteiger partial charge in [0.25, 0.3) is 0 Å². The number of carbonyl (C=O) groups excluding carboxylic acids is 2. The fourth-order valence-corrected chi connectivity index (χ4v) is 4.16. The van der Waals surface area contributed by atoms with Crippen LogP contribution in [0.3, 0.4) is 0 Å². The van der Waals surface area contributed by atoms with Crippen molar-refractivity contribution in [2.24, 2.45) is 0 Å². The normalized spacial score (nSPS) is 11.1. The summed E-state index contributed by atoms with van der Waals surface area (Å²) in [6.45, 7) is 4.46. The van der Waals surface area contributed by atoms with E-state index >= 15 is 0 Å². The van der Waals surface area contributed by atoms with Crippen molar-refractivity contribution in [1.82, 2.24) is 0 Å². The van der Waals surface area contributed by atoms with Crippen LogP contribution in [0.2, 0.25) is 0 Å². The first-order valence-electron chi connectivity index (χ1n) is 16.5. The fraction of sp³-hybridized carbons (Fsp3) is 0.722. The Labute approximate surface area is 281 Å². The molecule has 6 heteroatoms. The first-order chi connectivity index (χ1) is 19.5. The molecule has 246 valence electrons. The second-order valence-electron chi connectivity index (χ2n) is 10.7. The van der Waals surface area contributed by atoms with E-state index in [1.165, 1.54) is 77.0 Å². The van der Waals surface area contributed by atoms with Gasteiger partial charge < -0.3 is 19.8 Å². The zero-order valence-electron chi connectivity index (χ0n) is 26.9. The summed E-state index contributed by atoms with van der Waals surface area (Å²) >= 11 is 0. The fourth-order valence-electron chi connectivity index (χ4n) is 4.16. The van der Waals surface area contributed by atoms with Crippen LogP contribution in [-0.2, 0) is 43.4 Å². The predicted octanol–water partition coefficient (Wildman–Crippen LogP) is 9.09. The maximum absolute atomic E-state index is 10.2. The molecule has 0 bridgehead atoms. The van der Waals surface area contributed by atoms with Gasteiger partial charge in [-0.2, -0.15) is 0 Å². The number of hydrogen-bond acceptors (Lipinski definition) is 4. The van der Waals surface area contributed by atoms with Gasteiger partial charge in [0.15, 0.2) is 0 Å². The Morgan fingerprint density at radius 3 is 0.976 bits per heavy atom. The summed E-state index contributed by atoms with van der Waals surface area (Å²) in [5.74, 6) is -1.84. The van der Waals surface area contributed by atoms with Crippen molar-refractivity contribution < 1.29 is 53.6 Å². The number of aliphatic carboxylic acids is 2. The number of carboxylic acids is 2. The zero-order valence-corrected chi connectivity index (χ0v) is 29.2. The average molecular weight is 673 g/mol. The molecule has 0 saturated carbocycles.